The van der Waals surface area contributed by atoms with Gasteiger partial charge in [-0.05, 0) is 42.8 Å². The van der Waals surface area contributed by atoms with Crippen LogP contribution in [0.25, 0.3) is 0 Å². The Bertz CT molecular complexity index is 732. The third-order valence-electron chi connectivity index (χ3n) is 3.17. The molecule has 0 saturated carbocycles. The number of carbonyl (C=O) groups excluding carboxylic acids is 2. The summed E-state index contributed by atoms with van der Waals surface area (Å²) < 4.78 is 33.3. The Morgan fingerprint density at radius 1 is 1.12 bits per heavy atom. The van der Waals surface area contributed by atoms with Crippen molar-refractivity contribution in [3.63, 3.8) is 0 Å². The fraction of sp³-hybridized carbons (Fsp3) is 0.222. The van der Waals surface area contributed by atoms with Gasteiger partial charge >= 0.3 is 12.6 Å². The van der Waals surface area contributed by atoms with Crippen LogP contribution >= 0.6 is 0 Å². The van der Waals surface area contributed by atoms with E-state index >= 15 is 0 Å². The van der Waals surface area contributed by atoms with E-state index in [1.54, 1.807) is 25.1 Å². The van der Waals surface area contributed by atoms with Crippen LogP contribution in [0, 0.1) is 0 Å². The van der Waals surface area contributed by atoms with Gasteiger partial charge in [0.2, 0.25) is 5.91 Å². The number of rotatable bonds is 7. The summed E-state index contributed by atoms with van der Waals surface area (Å²) in [4.78, 5) is 23.8. The lowest BCUT2D eigenvalue weighted by atomic mass is 10.1. The lowest BCUT2D eigenvalue weighted by Gasteiger charge is -2.08. The average Bonchev–Trinajstić information content (AvgIpc) is 2.56. The molecule has 0 fully saturated rings. The SMILES string of the molecule is CCOC(=O)c1cccc(NC(=O)Cc2ccc(OC(F)F)cc2)c1. The number of halogens is 2. The molecule has 0 atom stereocenters. The lowest BCUT2D eigenvalue weighted by Crippen LogP contribution is -2.15. The van der Waals surface area contributed by atoms with Gasteiger partial charge < -0.3 is 14.8 Å². The predicted molar refractivity (Wildman–Crippen MR) is 87.8 cm³/mol. The molecule has 0 heterocycles. The molecule has 7 heteroatoms. The Morgan fingerprint density at radius 2 is 1.84 bits per heavy atom. The van der Waals surface area contributed by atoms with E-state index in [0.29, 0.717) is 16.8 Å². The van der Waals surface area contributed by atoms with Gasteiger partial charge in [0, 0.05) is 5.69 Å². The van der Waals surface area contributed by atoms with Crippen LogP contribution in [0.5, 0.6) is 5.75 Å². The molecule has 2 rings (SSSR count). The Labute approximate surface area is 143 Å². The summed E-state index contributed by atoms with van der Waals surface area (Å²) in [5, 5.41) is 2.68. The lowest BCUT2D eigenvalue weighted by molar-refractivity contribution is -0.115. The zero-order chi connectivity index (χ0) is 18.2. The molecule has 0 aliphatic carbocycles. The van der Waals surface area contributed by atoms with Crippen molar-refractivity contribution in [2.45, 2.75) is 20.0 Å². The van der Waals surface area contributed by atoms with Crippen LogP contribution < -0.4 is 10.1 Å². The van der Waals surface area contributed by atoms with Gasteiger partial charge in [0.05, 0.1) is 18.6 Å². The first-order valence-electron chi connectivity index (χ1n) is 7.58. The molecule has 0 saturated heterocycles. The highest BCUT2D eigenvalue weighted by atomic mass is 19.3. The van der Waals surface area contributed by atoms with Gasteiger partial charge in [-0.3, -0.25) is 4.79 Å². The second kappa shape index (κ2) is 8.77. The fourth-order valence-electron chi connectivity index (χ4n) is 2.12. The van der Waals surface area contributed by atoms with Crippen molar-refractivity contribution < 1.29 is 27.8 Å². The molecule has 132 valence electrons. The standard InChI is InChI=1S/C18H17F2NO4/c1-2-24-17(23)13-4-3-5-14(11-13)21-16(22)10-12-6-8-15(9-7-12)25-18(19)20/h3-9,11,18H,2,10H2,1H3,(H,21,22). The van der Waals surface area contributed by atoms with Gasteiger partial charge in [-0.2, -0.15) is 8.78 Å². The number of nitrogens with one attached hydrogen (secondary N) is 1. The van der Waals surface area contributed by atoms with E-state index in [-0.39, 0.29) is 24.7 Å². The summed E-state index contributed by atoms with van der Waals surface area (Å²) >= 11 is 0. The molecule has 2 aromatic rings. The van der Waals surface area contributed by atoms with Gasteiger partial charge in [-0.15, -0.1) is 0 Å². The van der Waals surface area contributed by atoms with Gasteiger partial charge in [-0.1, -0.05) is 18.2 Å². The highest BCUT2D eigenvalue weighted by molar-refractivity contribution is 5.95. The minimum Gasteiger partial charge on any atom is -0.462 e. The van der Waals surface area contributed by atoms with Crippen LogP contribution in [0.3, 0.4) is 0 Å². The summed E-state index contributed by atoms with van der Waals surface area (Å²) in [6.07, 6.45) is 0.0542. The van der Waals surface area contributed by atoms with Crippen molar-refractivity contribution in [1.29, 1.82) is 0 Å². The Morgan fingerprint density at radius 3 is 2.48 bits per heavy atom. The number of benzene rings is 2. The molecule has 5 nitrogen and oxygen atoms in total. The monoisotopic (exact) mass is 349 g/mol. The molecule has 0 radical (unpaired) electrons. The number of hydrogen-bond acceptors (Lipinski definition) is 4. The van der Waals surface area contributed by atoms with Crippen LogP contribution in [0.15, 0.2) is 48.5 Å². The van der Waals surface area contributed by atoms with Crippen molar-refractivity contribution in [2.24, 2.45) is 0 Å². The van der Waals surface area contributed by atoms with Gasteiger partial charge in [0.25, 0.3) is 0 Å². The number of amides is 1. The quantitative estimate of drug-likeness (QED) is 0.775. The third kappa shape index (κ3) is 5.87. The summed E-state index contributed by atoms with van der Waals surface area (Å²) in [5.41, 5.74) is 1.45. The van der Waals surface area contributed by atoms with E-state index in [0.717, 1.165) is 0 Å². The maximum Gasteiger partial charge on any atom is 0.387 e. The molecule has 0 bridgehead atoms. The summed E-state index contributed by atoms with van der Waals surface area (Å²) in [6, 6.07) is 12.2. The van der Waals surface area contributed by atoms with E-state index in [4.69, 9.17) is 4.74 Å². The zero-order valence-corrected chi connectivity index (χ0v) is 13.5. The number of ether oxygens (including phenoxy) is 2. The first-order chi connectivity index (χ1) is 12.0. The Balaban J connectivity index is 1.96. The molecule has 25 heavy (non-hydrogen) atoms. The molecule has 0 spiro atoms. The first kappa shape index (κ1) is 18.4. The van der Waals surface area contributed by atoms with E-state index < -0.39 is 12.6 Å². The van der Waals surface area contributed by atoms with E-state index in [9.17, 15) is 18.4 Å². The number of alkyl halides is 2. The highest BCUT2D eigenvalue weighted by Crippen LogP contribution is 2.16. The topological polar surface area (TPSA) is 64.6 Å². The second-order valence-electron chi connectivity index (χ2n) is 5.05. The third-order valence-corrected chi connectivity index (χ3v) is 3.17. The minimum atomic E-state index is -2.89. The van der Waals surface area contributed by atoms with Crippen LogP contribution in [0.1, 0.15) is 22.8 Å². The Hall–Kier alpha value is -2.96. The molecular weight excluding hydrogens is 332 g/mol. The van der Waals surface area contributed by atoms with Crippen molar-refractivity contribution in [3.05, 3.63) is 59.7 Å². The maximum absolute atomic E-state index is 12.1. The number of anilines is 1. The first-order valence-corrected chi connectivity index (χ1v) is 7.58. The van der Waals surface area contributed by atoms with Crippen molar-refractivity contribution in [1.82, 2.24) is 0 Å². The van der Waals surface area contributed by atoms with Crippen LogP contribution in [0.2, 0.25) is 0 Å². The summed E-state index contributed by atoms with van der Waals surface area (Å²) in [7, 11) is 0. The minimum absolute atomic E-state index is 0.0290. The van der Waals surface area contributed by atoms with Gasteiger partial charge in [-0.25, -0.2) is 4.79 Å². The van der Waals surface area contributed by atoms with Gasteiger partial charge in [0.1, 0.15) is 5.75 Å². The smallest absolute Gasteiger partial charge is 0.387 e. The normalized spacial score (nSPS) is 10.4. The van der Waals surface area contributed by atoms with Crippen LogP contribution in [-0.4, -0.2) is 25.1 Å². The second-order valence-corrected chi connectivity index (χ2v) is 5.05. The molecule has 1 amide bonds. The fourth-order valence-corrected chi connectivity index (χ4v) is 2.12. The molecule has 0 aromatic heterocycles. The van der Waals surface area contributed by atoms with Crippen LogP contribution in [0.4, 0.5) is 14.5 Å². The molecule has 0 unspecified atom stereocenters. The maximum atomic E-state index is 12.1. The van der Waals surface area contributed by atoms with Crippen molar-refractivity contribution in [3.8, 4) is 5.75 Å². The number of esters is 1. The highest BCUT2D eigenvalue weighted by Gasteiger charge is 2.10. The summed E-state index contributed by atoms with van der Waals surface area (Å²) in [5.74, 6) is -0.738. The molecule has 2 aromatic carbocycles. The molecule has 1 N–H and O–H groups in total. The van der Waals surface area contributed by atoms with Crippen molar-refractivity contribution >= 4 is 17.6 Å². The predicted octanol–water partition coefficient (Wildman–Crippen LogP) is 3.65. The molecule has 0 aliphatic rings. The summed E-state index contributed by atoms with van der Waals surface area (Å²) in [6.45, 7) is -0.914. The Kier molecular flexibility index (Phi) is 6.45. The number of carbonyl (C=O) groups is 2. The van der Waals surface area contributed by atoms with Gasteiger partial charge in [0.15, 0.2) is 0 Å². The van der Waals surface area contributed by atoms with E-state index in [1.807, 2.05) is 0 Å². The van der Waals surface area contributed by atoms with E-state index in [1.165, 1.54) is 30.3 Å². The average molecular weight is 349 g/mol. The largest absolute Gasteiger partial charge is 0.462 e. The van der Waals surface area contributed by atoms with E-state index in [2.05, 4.69) is 10.1 Å². The molecule has 0 aliphatic heterocycles. The number of hydrogen-bond donors (Lipinski definition) is 1. The zero-order valence-electron chi connectivity index (χ0n) is 13.5. The van der Waals surface area contributed by atoms with Crippen LogP contribution in [-0.2, 0) is 16.0 Å². The van der Waals surface area contributed by atoms with Crippen molar-refractivity contribution in [2.75, 3.05) is 11.9 Å². The molecular formula is C18H17F2NO4.